The van der Waals surface area contributed by atoms with Crippen LogP contribution in [0.25, 0.3) is 0 Å². The van der Waals surface area contributed by atoms with Crippen LogP contribution >= 0.6 is 0 Å². The van der Waals surface area contributed by atoms with Crippen molar-refractivity contribution in [2.24, 2.45) is 0 Å². The number of aliphatic hydroxyl groups is 2. The van der Waals surface area contributed by atoms with Gasteiger partial charge in [-0.3, -0.25) is 4.79 Å². The number of rotatable bonds is 7. The van der Waals surface area contributed by atoms with Gasteiger partial charge in [0, 0.05) is 29.5 Å². The van der Waals surface area contributed by atoms with Crippen molar-refractivity contribution >= 4 is 17.9 Å². The number of aliphatic carboxylic acids is 3. The SMILES string of the molecule is C[N+](C)(C)CCO.O.O.O.O=C([O-])CC(O)(CC(=O)O)C(=O)O.[Fe]. The first-order chi connectivity index (χ1) is 8.84. The summed E-state index contributed by atoms with van der Waals surface area (Å²) in [6.07, 6.45) is -2.44. The molecular weight excluding hydrogens is 378 g/mol. The third-order valence-corrected chi connectivity index (χ3v) is 2.05. The fourth-order valence-corrected chi connectivity index (χ4v) is 1.00. The average Bonchev–Trinajstić information content (AvgIpc) is 2.12. The Balaban J connectivity index is -0.0000000650. The molecule has 0 aliphatic heterocycles. The van der Waals surface area contributed by atoms with Gasteiger partial charge >= 0.3 is 11.9 Å². The molecular formula is C11H27FeNO11. The Morgan fingerprint density at radius 3 is 1.50 bits per heavy atom. The summed E-state index contributed by atoms with van der Waals surface area (Å²) in [5.74, 6) is -5.34. The smallest absolute Gasteiger partial charge is 0.336 e. The number of carbonyl (C=O) groups is 3. The maximum Gasteiger partial charge on any atom is 0.336 e. The van der Waals surface area contributed by atoms with E-state index in [4.69, 9.17) is 20.4 Å². The Labute approximate surface area is 149 Å². The molecule has 1 atom stereocenters. The summed E-state index contributed by atoms with van der Waals surface area (Å²) in [6, 6.07) is 0. The molecule has 13 heteroatoms. The van der Waals surface area contributed by atoms with Crippen LogP contribution in [0.15, 0.2) is 0 Å². The van der Waals surface area contributed by atoms with Crippen LogP contribution in [0.1, 0.15) is 12.8 Å². The molecule has 12 nitrogen and oxygen atoms in total. The van der Waals surface area contributed by atoms with E-state index in [2.05, 4.69) is 21.1 Å². The molecule has 0 aromatic carbocycles. The molecule has 0 heterocycles. The van der Waals surface area contributed by atoms with Gasteiger partial charge in [-0.05, 0) is 0 Å². The molecule has 0 aromatic heterocycles. The van der Waals surface area contributed by atoms with E-state index in [0.717, 1.165) is 11.0 Å². The van der Waals surface area contributed by atoms with Gasteiger partial charge in [0.25, 0.3) is 0 Å². The van der Waals surface area contributed by atoms with Gasteiger partial charge < -0.3 is 51.2 Å². The van der Waals surface area contributed by atoms with Crippen molar-refractivity contribution in [3.05, 3.63) is 0 Å². The molecule has 0 saturated heterocycles. The summed E-state index contributed by atoms with van der Waals surface area (Å²) in [5, 5.41) is 43.9. The summed E-state index contributed by atoms with van der Waals surface area (Å²) in [7, 11) is 6.16. The molecule has 1 unspecified atom stereocenters. The van der Waals surface area contributed by atoms with Crippen molar-refractivity contribution < 1.29 is 77.9 Å². The topological polar surface area (TPSA) is 250 Å². The fraction of sp³-hybridized carbons (Fsp3) is 0.727. The molecule has 0 aliphatic carbocycles. The van der Waals surface area contributed by atoms with Crippen LogP contribution in [0.2, 0.25) is 0 Å². The second-order valence-electron chi connectivity index (χ2n) is 5.19. The molecule has 0 spiro atoms. The van der Waals surface area contributed by atoms with Crippen molar-refractivity contribution in [1.82, 2.24) is 0 Å². The quantitative estimate of drug-likeness (QED) is 0.234. The summed E-state index contributed by atoms with van der Waals surface area (Å²) in [5.41, 5.74) is -2.80. The van der Waals surface area contributed by atoms with Crippen LogP contribution in [0.5, 0.6) is 0 Å². The minimum Gasteiger partial charge on any atom is -0.550 e. The van der Waals surface area contributed by atoms with Gasteiger partial charge in [0.2, 0.25) is 0 Å². The normalized spacial score (nSPS) is 11.4. The molecule has 10 N–H and O–H groups in total. The zero-order chi connectivity index (χ0) is 16.6. The molecule has 0 radical (unpaired) electrons. The van der Waals surface area contributed by atoms with Crippen LogP contribution in [0.3, 0.4) is 0 Å². The predicted molar refractivity (Wildman–Crippen MR) is 75.3 cm³/mol. The van der Waals surface area contributed by atoms with Gasteiger partial charge in [-0.1, -0.05) is 0 Å². The van der Waals surface area contributed by atoms with Crippen LogP contribution in [0, 0.1) is 0 Å². The van der Waals surface area contributed by atoms with Crippen molar-refractivity contribution in [3.63, 3.8) is 0 Å². The van der Waals surface area contributed by atoms with Crippen LogP contribution in [0.4, 0.5) is 0 Å². The fourth-order valence-electron chi connectivity index (χ4n) is 1.00. The second-order valence-corrected chi connectivity index (χ2v) is 5.19. The first kappa shape index (κ1) is 38.3. The Hall–Kier alpha value is -1.31. The average molecular weight is 405 g/mol. The maximum absolute atomic E-state index is 10.3. The van der Waals surface area contributed by atoms with Crippen molar-refractivity contribution in [2.45, 2.75) is 18.4 Å². The molecule has 0 amide bonds. The minimum atomic E-state index is -2.80. The van der Waals surface area contributed by atoms with E-state index < -0.39 is 36.4 Å². The van der Waals surface area contributed by atoms with E-state index in [9.17, 15) is 19.5 Å². The van der Waals surface area contributed by atoms with Crippen LogP contribution < -0.4 is 5.11 Å². The van der Waals surface area contributed by atoms with Crippen molar-refractivity contribution in [3.8, 4) is 0 Å². The monoisotopic (exact) mass is 405 g/mol. The standard InChI is InChI=1S/C6H8O7.C5H14NO.Fe.3H2O/c7-3(8)1-6(13,5(11)12)2-4(9)10;1-6(2,3)4-5-7;;;;/h13H,1-2H2,(H,7,8)(H,9,10)(H,11,12);7H,4-5H2,1-3H3;;3*1H2/q;+1;;;;/p-1. The van der Waals surface area contributed by atoms with E-state index in [1.165, 1.54) is 0 Å². The molecule has 0 rings (SSSR count). The summed E-state index contributed by atoms with van der Waals surface area (Å²) in [6.45, 7) is 1.11. The maximum atomic E-state index is 10.3. The molecule has 0 aliphatic rings. The number of likely N-dealkylation sites (N-methyl/N-ethyl adjacent to an activating group) is 1. The predicted octanol–water partition coefficient (Wildman–Crippen LogP) is -5.37. The zero-order valence-electron chi connectivity index (χ0n) is 13.6. The third kappa shape index (κ3) is 23.0. The largest absolute Gasteiger partial charge is 0.550 e. The van der Waals surface area contributed by atoms with Gasteiger partial charge in [-0.15, -0.1) is 0 Å². The first-order valence-corrected chi connectivity index (χ1v) is 5.63. The number of carboxylic acid groups (broad SMARTS) is 3. The Morgan fingerprint density at radius 2 is 1.38 bits per heavy atom. The number of quaternary nitrogens is 1. The van der Waals surface area contributed by atoms with Crippen LogP contribution in [-0.4, -0.2) is 99.1 Å². The van der Waals surface area contributed by atoms with Gasteiger partial charge in [-0.25, -0.2) is 4.79 Å². The summed E-state index contributed by atoms with van der Waals surface area (Å²) < 4.78 is 0.844. The Morgan fingerprint density at radius 1 is 1.00 bits per heavy atom. The van der Waals surface area contributed by atoms with Gasteiger partial charge in [0.1, 0.15) is 6.54 Å². The van der Waals surface area contributed by atoms with Gasteiger partial charge in [0.05, 0.1) is 34.2 Å². The number of aliphatic hydroxyl groups excluding tert-OH is 1. The number of carbonyl (C=O) groups excluding carboxylic acids is 1. The van der Waals surface area contributed by atoms with E-state index in [-0.39, 0.29) is 40.1 Å². The Bertz CT molecular complexity index is 340. The minimum absolute atomic E-state index is 0. The van der Waals surface area contributed by atoms with Gasteiger partial charge in [-0.2, -0.15) is 0 Å². The number of carboxylic acids is 3. The molecule has 0 bridgehead atoms. The Kier molecular flexibility index (Phi) is 26.4. The number of hydrogen-bond donors (Lipinski definition) is 4. The molecule has 150 valence electrons. The third-order valence-electron chi connectivity index (χ3n) is 2.05. The summed E-state index contributed by atoms with van der Waals surface area (Å²) >= 11 is 0. The van der Waals surface area contributed by atoms with Gasteiger partial charge in [0.15, 0.2) is 5.60 Å². The number of nitrogens with zero attached hydrogens (tertiary/aromatic N) is 1. The van der Waals surface area contributed by atoms with E-state index in [0.29, 0.717) is 0 Å². The second kappa shape index (κ2) is 16.5. The van der Waals surface area contributed by atoms with Crippen LogP contribution in [-0.2, 0) is 31.5 Å². The van der Waals surface area contributed by atoms with Crippen molar-refractivity contribution in [2.75, 3.05) is 34.3 Å². The molecule has 24 heavy (non-hydrogen) atoms. The molecule has 0 saturated carbocycles. The van der Waals surface area contributed by atoms with E-state index in [1.807, 2.05) is 0 Å². The number of hydrogen-bond acceptors (Lipinski definition) is 6. The van der Waals surface area contributed by atoms with E-state index >= 15 is 0 Å². The molecule has 0 fully saturated rings. The first-order valence-electron chi connectivity index (χ1n) is 5.63. The molecule has 0 aromatic rings. The summed E-state index contributed by atoms with van der Waals surface area (Å²) in [4.78, 5) is 30.3. The van der Waals surface area contributed by atoms with Crippen molar-refractivity contribution in [1.29, 1.82) is 0 Å². The van der Waals surface area contributed by atoms with E-state index in [1.54, 1.807) is 0 Å². The zero-order valence-corrected chi connectivity index (χ0v) is 14.7.